The maximum Gasteiger partial charge on any atom is 0.517 e. The summed E-state index contributed by atoms with van der Waals surface area (Å²) >= 11 is 0. The van der Waals surface area contributed by atoms with E-state index in [0.717, 1.165) is 12.8 Å². The molecule has 0 radical (unpaired) electrons. The summed E-state index contributed by atoms with van der Waals surface area (Å²) in [4.78, 5) is 11.4. The topological polar surface area (TPSA) is 77.8 Å². The van der Waals surface area contributed by atoms with Crippen molar-refractivity contribution in [3.63, 3.8) is 0 Å². The van der Waals surface area contributed by atoms with Gasteiger partial charge in [0, 0.05) is 13.8 Å². The van der Waals surface area contributed by atoms with Gasteiger partial charge in [0.1, 0.15) is 0 Å². The van der Waals surface area contributed by atoms with Crippen LogP contribution in [-0.2, 0) is 0 Å². The van der Waals surface area contributed by atoms with E-state index in [1.807, 2.05) is 0 Å². The van der Waals surface area contributed by atoms with Crippen LogP contribution in [0.5, 0.6) is 0 Å². The first-order valence-electron chi connectivity index (χ1n) is 8.86. The monoisotopic (exact) mass is 318 g/mol. The minimum Gasteiger partial charge on any atom is -0.435 e. The number of quaternary nitrogens is 1. The summed E-state index contributed by atoms with van der Waals surface area (Å²) in [6, 6.07) is 0. The van der Waals surface area contributed by atoms with Crippen molar-refractivity contribution >= 4 is 6.09 Å². The van der Waals surface area contributed by atoms with Gasteiger partial charge >= 0.3 is 6.09 Å². The molecular weight excluding hydrogens is 282 g/mol. The van der Waals surface area contributed by atoms with E-state index in [1.54, 1.807) is 0 Å². The van der Waals surface area contributed by atoms with Gasteiger partial charge in [-0.1, -0.05) is 58.3 Å². The van der Waals surface area contributed by atoms with Gasteiger partial charge < -0.3 is 15.3 Å². The lowest BCUT2D eigenvalue weighted by Crippen LogP contribution is -2.63. The van der Waals surface area contributed by atoms with E-state index in [9.17, 15) is 20.1 Å². The zero-order valence-electron chi connectivity index (χ0n) is 14.6. The Bertz CT molecular complexity index is 284. The van der Waals surface area contributed by atoms with Crippen LogP contribution in [0.1, 0.15) is 85.0 Å². The third-order valence-electron chi connectivity index (χ3n) is 4.57. The van der Waals surface area contributed by atoms with Gasteiger partial charge in [0.2, 0.25) is 0 Å². The van der Waals surface area contributed by atoms with Gasteiger partial charge in [-0.05, 0) is 12.8 Å². The summed E-state index contributed by atoms with van der Waals surface area (Å²) in [5.74, 6) is 0. The quantitative estimate of drug-likeness (QED) is 0.272. The highest BCUT2D eigenvalue weighted by atomic mass is 16.4. The zero-order chi connectivity index (χ0) is 17.0. The minimum absolute atomic E-state index is 0.265. The van der Waals surface area contributed by atoms with E-state index in [1.165, 1.54) is 58.8 Å². The maximum absolute atomic E-state index is 11.4. The van der Waals surface area contributed by atoms with Crippen molar-refractivity contribution in [2.45, 2.75) is 97.4 Å². The van der Waals surface area contributed by atoms with Gasteiger partial charge in [-0.3, -0.25) is 0 Å². The average Bonchev–Trinajstić information content (AvgIpc) is 2.43. The van der Waals surface area contributed by atoms with E-state index in [4.69, 9.17) is 0 Å². The Morgan fingerprint density at radius 2 is 1.18 bits per heavy atom. The molecule has 132 valence electrons. The smallest absolute Gasteiger partial charge is 0.435 e. The molecule has 0 saturated carbocycles. The van der Waals surface area contributed by atoms with Crippen molar-refractivity contribution in [2.24, 2.45) is 0 Å². The van der Waals surface area contributed by atoms with Crippen LogP contribution in [0, 0.1) is 0 Å². The number of aliphatic hydroxyl groups is 2. The number of unbranched alkanes of at least 4 members (excludes halogenated alkanes) is 9. The lowest BCUT2D eigenvalue weighted by atomic mass is 10.1. The first kappa shape index (κ1) is 21.4. The van der Waals surface area contributed by atoms with Crippen LogP contribution in [0.4, 0.5) is 4.79 Å². The molecule has 0 rings (SSSR count). The molecule has 0 bridgehead atoms. The van der Waals surface area contributed by atoms with E-state index in [2.05, 4.69) is 6.92 Å². The van der Waals surface area contributed by atoms with Crippen LogP contribution in [0.15, 0.2) is 0 Å². The first-order valence-corrected chi connectivity index (χ1v) is 8.86. The van der Waals surface area contributed by atoms with Crippen LogP contribution >= 0.6 is 0 Å². The van der Waals surface area contributed by atoms with Crippen LogP contribution in [0.25, 0.3) is 0 Å². The second kappa shape index (κ2) is 11.9. The van der Waals surface area contributed by atoms with Crippen molar-refractivity contribution in [2.75, 3.05) is 6.54 Å². The Morgan fingerprint density at radius 1 is 0.818 bits per heavy atom. The maximum atomic E-state index is 11.4. The minimum atomic E-state index is -1.17. The second-order valence-corrected chi connectivity index (χ2v) is 6.38. The highest BCUT2D eigenvalue weighted by Gasteiger charge is 2.45. The fourth-order valence-corrected chi connectivity index (χ4v) is 2.96. The molecule has 0 heterocycles. The van der Waals surface area contributed by atoms with Gasteiger partial charge in [0.15, 0.2) is 12.5 Å². The highest BCUT2D eigenvalue weighted by molar-refractivity contribution is 5.56. The molecule has 0 spiro atoms. The molecule has 0 aromatic rings. The molecule has 0 aliphatic heterocycles. The summed E-state index contributed by atoms with van der Waals surface area (Å²) < 4.78 is -0.684. The number of nitrogens with zero attached hydrogens (tertiary/aromatic N) is 1. The van der Waals surface area contributed by atoms with Crippen molar-refractivity contribution < 1.29 is 24.6 Å². The highest BCUT2D eigenvalue weighted by Crippen LogP contribution is 2.20. The number of rotatable bonds is 13. The SMILES string of the molecule is CCCCCCCCCCCC[N+](C(=O)O)(C(C)O)C(C)O. The Labute approximate surface area is 135 Å². The average molecular weight is 318 g/mol. The van der Waals surface area contributed by atoms with Gasteiger partial charge in [0.05, 0.1) is 6.54 Å². The molecule has 3 N–H and O–H groups in total. The standard InChI is InChI=1S/C17H35NO4/c1-4-5-6-7-8-9-10-11-12-13-14-18(15(2)19,16(3)20)17(21)22/h15-16,19-20H,4-14H2,1-3H3/p+1. The predicted molar refractivity (Wildman–Crippen MR) is 88.4 cm³/mol. The molecule has 2 atom stereocenters. The fraction of sp³-hybridized carbons (Fsp3) is 0.941. The van der Waals surface area contributed by atoms with Crippen molar-refractivity contribution in [1.82, 2.24) is 0 Å². The first-order chi connectivity index (χ1) is 10.4. The van der Waals surface area contributed by atoms with Crippen LogP contribution < -0.4 is 0 Å². The molecule has 0 aromatic carbocycles. The molecule has 0 aliphatic carbocycles. The molecule has 1 amide bonds. The summed E-state index contributed by atoms with van der Waals surface area (Å²) in [5.41, 5.74) is 0. The Hall–Kier alpha value is -0.650. The number of amides is 1. The number of aliphatic hydroxyl groups excluding tert-OH is 2. The largest absolute Gasteiger partial charge is 0.517 e. The van der Waals surface area contributed by atoms with Crippen molar-refractivity contribution in [3.05, 3.63) is 0 Å². The van der Waals surface area contributed by atoms with Gasteiger partial charge in [-0.25, -0.2) is 0 Å². The molecule has 5 heteroatoms. The fourth-order valence-electron chi connectivity index (χ4n) is 2.96. The number of carbonyl (C=O) groups is 1. The number of hydrogen-bond acceptors (Lipinski definition) is 3. The summed E-state index contributed by atoms with van der Waals surface area (Å²) in [6.45, 7) is 5.34. The molecule has 2 unspecified atom stereocenters. The third-order valence-corrected chi connectivity index (χ3v) is 4.57. The predicted octanol–water partition coefficient (Wildman–Crippen LogP) is 4.08. The van der Waals surface area contributed by atoms with Crippen LogP contribution in [0.2, 0.25) is 0 Å². The molecule has 0 saturated heterocycles. The number of hydrogen-bond donors (Lipinski definition) is 3. The Kier molecular flexibility index (Phi) is 11.5. The van der Waals surface area contributed by atoms with Gasteiger partial charge in [-0.2, -0.15) is 9.28 Å². The van der Waals surface area contributed by atoms with E-state index in [0.29, 0.717) is 6.42 Å². The molecule has 5 nitrogen and oxygen atoms in total. The molecule has 0 aliphatic rings. The van der Waals surface area contributed by atoms with E-state index < -0.39 is 23.0 Å². The normalized spacial score (nSPS) is 17.0. The van der Waals surface area contributed by atoms with E-state index in [-0.39, 0.29) is 6.54 Å². The zero-order valence-corrected chi connectivity index (χ0v) is 14.6. The summed E-state index contributed by atoms with van der Waals surface area (Å²) in [5, 5.41) is 28.9. The van der Waals surface area contributed by atoms with Gasteiger partial charge in [-0.15, -0.1) is 0 Å². The molecule has 0 aromatic heterocycles. The van der Waals surface area contributed by atoms with Gasteiger partial charge in [0.25, 0.3) is 0 Å². The molecule has 0 fully saturated rings. The Balaban J connectivity index is 3.89. The molecule has 22 heavy (non-hydrogen) atoms. The van der Waals surface area contributed by atoms with Crippen molar-refractivity contribution in [1.29, 1.82) is 0 Å². The Morgan fingerprint density at radius 3 is 1.50 bits per heavy atom. The van der Waals surface area contributed by atoms with Crippen LogP contribution in [-0.4, -0.2) is 44.9 Å². The van der Waals surface area contributed by atoms with Crippen molar-refractivity contribution in [3.8, 4) is 0 Å². The van der Waals surface area contributed by atoms with E-state index >= 15 is 0 Å². The summed E-state index contributed by atoms with van der Waals surface area (Å²) in [6.07, 6.45) is 8.31. The second-order valence-electron chi connectivity index (χ2n) is 6.38. The molecular formula is C17H36NO4+. The lowest BCUT2D eigenvalue weighted by Gasteiger charge is -2.37. The van der Waals surface area contributed by atoms with Crippen LogP contribution in [0.3, 0.4) is 0 Å². The number of carboxylic acid groups (broad SMARTS) is 1. The third kappa shape index (κ3) is 7.07. The summed E-state index contributed by atoms with van der Waals surface area (Å²) in [7, 11) is 0. The lowest BCUT2D eigenvalue weighted by molar-refractivity contribution is -0.943.